The van der Waals surface area contributed by atoms with Gasteiger partial charge in [-0.1, -0.05) is 37.8 Å². The second kappa shape index (κ2) is 10.1. The number of nitrogens with one attached hydrogen (secondary N) is 1. The number of rotatable bonds is 9. The van der Waals surface area contributed by atoms with Gasteiger partial charge in [-0.3, -0.25) is 0 Å². The van der Waals surface area contributed by atoms with Crippen molar-refractivity contribution in [2.75, 3.05) is 19.0 Å². The average molecular weight is 468 g/mol. The second-order valence-electron chi connectivity index (χ2n) is 9.95. The van der Waals surface area contributed by atoms with Crippen molar-refractivity contribution in [3.63, 3.8) is 0 Å². The Labute approximate surface area is 198 Å². The number of fused-ring (bicyclic) bond motifs is 1. The first-order chi connectivity index (χ1) is 15.5. The number of anilines is 1. The van der Waals surface area contributed by atoms with Gasteiger partial charge in [-0.05, 0) is 62.1 Å². The van der Waals surface area contributed by atoms with Crippen molar-refractivity contribution in [1.82, 2.24) is 9.55 Å². The van der Waals surface area contributed by atoms with Crippen LogP contribution >= 0.6 is 0 Å². The van der Waals surface area contributed by atoms with Crippen molar-refractivity contribution < 1.29 is 14.3 Å². The molecule has 1 N–H and O–H groups in total. The number of benzene rings is 1. The molecular formula is C26H37N3O3Si. The summed E-state index contributed by atoms with van der Waals surface area (Å²) in [5, 5.41) is 4.50. The van der Waals surface area contributed by atoms with Gasteiger partial charge in [-0.15, -0.1) is 0 Å². The van der Waals surface area contributed by atoms with Gasteiger partial charge in [0, 0.05) is 32.3 Å². The number of aromatic nitrogens is 2. The monoisotopic (exact) mass is 467 g/mol. The van der Waals surface area contributed by atoms with Gasteiger partial charge < -0.3 is 19.4 Å². The summed E-state index contributed by atoms with van der Waals surface area (Å²) in [6.07, 6.45) is 0. The molecule has 1 aromatic carbocycles. The van der Waals surface area contributed by atoms with Crippen molar-refractivity contribution in [3.05, 3.63) is 57.9 Å². The third kappa shape index (κ3) is 5.65. The van der Waals surface area contributed by atoms with Crippen molar-refractivity contribution >= 4 is 30.8 Å². The number of hydrogen-bond donors (Lipinski definition) is 1. The molecule has 0 aliphatic rings. The normalized spacial score (nSPS) is 11.8. The molecule has 0 aliphatic heterocycles. The maximum absolute atomic E-state index is 12.4. The van der Waals surface area contributed by atoms with E-state index in [1.165, 1.54) is 23.8 Å². The molecule has 3 aromatic rings. The third-order valence-corrected chi connectivity index (χ3v) is 8.01. The fraction of sp³-hybridized carbons (Fsp3) is 0.462. The summed E-state index contributed by atoms with van der Waals surface area (Å²) in [6.45, 7) is 17.3. The Morgan fingerprint density at radius 3 is 2.39 bits per heavy atom. The molecule has 0 unspecified atom stereocenters. The molecule has 0 spiro atoms. The number of nitrogens with zero attached hydrogens (tertiary/aromatic N) is 2. The van der Waals surface area contributed by atoms with Gasteiger partial charge >= 0.3 is 5.97 Å². The number of esters is 1. The molecule has 0 aliphatic carbocycles. The summed E-state index contributed by atoms with van der Waals surface area (Å²) in [6, 6.07) is 9.24. The van der Waals surface area contributed by atoms with Crippen LogP contribution in [0.25, 0.3) is 10.9 Å². The lowest BCUT2D eigenvalue weighted by atomic mass is 10.0. The molecule has 2 heterocycles. The highest BCUT2D eigenvalue weighted by Gasteiger charge is 2.21. The van der Waals surface area contributed by atoms with Crippen molar-refractivity contribution in [3.8, 4) is 0 Å². The minimum Gasteiger partial charge on any atom is -0.464 e. The number of carbonyl (C=O) groups is 1. The Morgan fingerprint density at radius 1 is 1.12 bits per heavy atom. The highest BCUT2D eigenvalue weighted by atomic mass is 28.3. The number of carbonyl (C=O) groups excluding carboxylic acids is 1. The molecule has 2 aromatic heterocycles. The minimum atomic E-state index is -1.16. The van der Waals surface area contributed by atoms with Crippen LogP contribution in [-0.2, 0) is 22.7 Å². The highest BCUT2D eigenvalue weighted by Crippen LogP contribution is 2.32. The van der Waals surface area contributed by atoms with E-state index in [1.54, 1.807) is 0 Å². The SMILES string of the molecule is COC(=O)c1cc2c(C)c(C)n(COCC[Si](C)(C)C)c2c(NCc2c(C)cccc2C)n1. The van der Waals surface area contributed by atoms with E-state index in [0.29, 0.717) is 24.8 Å². The summed E-state index contributed by atoms with van der Waals surface area (Å²) < 4.78 is 13.2. The molecule has 33 heavy (non-hydrogen) atoms. The first-order valence-electron chi connectivity index (χ1n) is 11.5. The number of pyridine rings is 1. The van der Waals surface area contributed by atoms with Crippen LogP contribution in [0, 0.1) is 27.7 Å². The number of hydrogen-bond acceptors (Lipinski definition) is 5. The smallest absolute Gasteiger partial charge is 0.356 e. The highest BCUT2D eigenvalue weighted by molar-refractivity contribution is 6.76. The molecule has 0 amide bonds. The Balaban J connectivity index is 2.02. The zero-order chi connectivity index (χ0) is 24.3. The van der Waals surface area contributed by atoms with Crippen molar-refractivity contribution in [1.29, 1.82) is 0 Å². The molecule has 0 bridgehead atoms. The molecule has 0 saturated carbocycles. The van der Waals surface area contributed by atoms with E-state index in [-0.39, 0.29) is 0 Å². The molecular weight excluding hydrogens is 430 g/mol. The van der Waals surface area contributed by atoms with Crippen LogP contribution in [0.5, 0.6) is 0 Å². The first kappa shape index (κ1) is 25.0. The fourth-order valence-electron chi connectivity index (χ4n) is 3.99. The van der Waals surface area contributed by atoms with Gasteiger partial charge in [0.2, 0.25) is 0 Å². The van der Waals surface area contributed by atoms with Crippen molar-refractivity contribution in [2.24, 2.45) is 0 Å². The fourth-order valence-corrected chi connectivity index (χ4v) is 4.75. The zero-order valence-electron chi connectivity index (χ0n) is 21.3. The largest absolute Gasteiger partial charge is 0.464 e. The second-order valence-corrected chi connectivity index (χ2v) is 15.6. The Morgan fingerprint density at radius 2 is 1.79 bits per heavy atom. The minimum absolute atomic E-state index is 0.300. The molecule has 0 atom stereocenters. The molecule has 0 fully saturated rings. The van der Waals surface area contributed by atoms with Crippen LogP contribution in [0.2, 0.25) is 25.7 Å². The van der Waals surface area contributed by atoms with E-state index in [2.05, 4.69) is 80.4 Å². The Bertz CT molecular complexity index is 1140. The van der Waals surface area contributed by atoms with Gasteiger partial charge in [0.05, 0.1) is 12.6 Å². The molecule has 7 heteroatoms. The zero-order valence-corrected chi connectivity index (χ0v) is 22.3. The molecule has 3 rings (SSSR count). The summed E-state index contributed by atoms with van der Waals surface area (Å²) in [7, 11) is 0.219. The standard InChI is InChI=1S/C26H37N3O3Si/c1-17-10-9-11-18(2)22(17)15-27-25-24-21(14-23(28-25)26(30)31-5)19(3)20(4)29(24)16-32-12-13-33(6,7)8/h9-11,14H,12-13,15-16H2,1-8H3,(H,27,28). The Kier molecular flexibility index (Phi) is 7.64. The predicted molar refractivity (Wildman–Crippen MR) is 138 cm³/mol. The van der Waals surface area contributed by atoms with Crippen LogP contribution in [0.15, 0.2) is 24.3 Å². The van der Waals surface area contributed by atoms with Crippen molar-refractivity contribution in [2.45, 2.75) is 66.7 Å². The quantitative estimate of drug-likeness (QED) is 0.238. The Hall–Kier alpha value is -2.64. The molecule has 0 saturated heterocycles. The van der Waals surface area contributed by atoms with Gasteiger partial charge in [0.15, 0.2) is 11.5 Å². The third-order valence-electron chi connectivity index (χ3n) is 6.30. The number of aryl methyl sites for hydroxylation is 3. The van der Waals surface area contributed by atoms with Gasteiger partial charge in [0.1, 0.15) is 6.73 Å². The van der Waals surface area contributed by atoms with E-state index >= 15 is 0 Å². The van der Waals surface area contributed by atoms with Crippen LogP contribution in [-0.4, -0.2) is 37.3 Å². The van der Waals surface area contributed by atoms with Gasteiger partial charge in [-0.2, -0.15) is 0 Å². The number of methoxy groups -OCH3 is 1. The van der Waals surface area contributed by atoms with Gasteiger partial charge in [-0.25, -0.2) is 9.78 Å². The van der Waals surface area contributed by atoms with E-state index in [9.17, 15) is 4.79 Å². The summed E-state index contributed by atoms with van der Waals surface area (Å²) in [5.41, 5.74) is 7.15. The summed E-state index contributed by atoms with van der Waals surface area (Å²) in [4.78, 5) is 17.0. The molecule has 178 valence electrons. The average Bonchev–Trinajstić information content (AvgIpc) is 2.99. The van der Waals surface area contributed by atoms with E-state index in [0.717, 1.165) is 34.8 Å². The summed E-state index contributed by atoms with van der Waals surface area (Å²) in [5.74, 6) is 0.226. The van der Waals surface area contributed by atoms with Crippen LogP contribution in [0.1, 0.15) is 38.4 Å². The van der Waals surface area contributed by atoms with E-state index in [4.69, 9.17) is 9.47 Å². The predicted octanol–water partition coefficient (Wildman–Crippen LogP) is 5.98. The molecule has 0 radical (unpaired) electrons. The van der Waals surface area contributed by atoms with Gasteiger partial charge in [0.25, 0.3) is 0 Å². The topological polar surface area (TPSA) is 65.4 Å². The first-order valence-corrected chi connectivity index (χ1v) is 15.2. The van der Waals surface area contributed by atoms with E-state index in [1.807, 2.05) is 6.07 Å². The van der Waals surface area contributed by atoms with Crippen LogP contribution in [0.3, 0.4) is 0 Å². The molecule has 6 nitrogen and oxygen atoms in total. The maximum atomic E-state index is 12.4. The lowest BCUT2D eigenvalue weighted by Crippen LogP contribution is -2.22. The maximum Gasteiger partial charge on any atom is 0.356 e. The lowest BCUT2D eigenvalue weighted by molar-refractivity contribution is 0.0594. The van der Waals surface area contributed by atoms with Crippen LogP contribution < -0.4 is 5.32 Å². The number of ether oxygens (including phenoxy) is 2. The van der Waals surface area contributed by atoms with Crippen LogP contribution in [0.4, 0.5) is 5.82 Å². The lowest BCUT2D eigenvalue weighted by Gasteiger charge is -2.17. The van der Waals surface area contributed by atoms with E-state index < -0.39 is 14.0 Å². The summed E-state index contributed by atoms with van der Waals surface area (Å²) >= 11 is 0.